The second-order valence-electron chi connectivity index (χ2n) is 4.14. The molecule has 6 nitrogen and oxygen atoms in total. The first-order valence-corrected chi connectivity index (χ1v) is 5.64. The van der Waals surface area contributed by atoms with E-state index in [9.17, 15) is 14.7 Å². The predicted octanol–water partition coefficient (Wildman–Crippen LogP) is 1.76. The Balaban J connectivity index is 2.59. The molecule has 0 radical (unpaired) electrons. The van der Waals surface area contributed by atoms with E-state index in [1.54, 1.807) is 16.8 Å². The van der Waals surface area contributed by atoms with E-state index >= 15 is 0 Å². The van der Waals surface area contributed by atoms with Crippen LogP contribution >= 0.6 is 0 Å². The van der Waals surface area contributed by atoms with Gasteiger partial charge in [-0.2, -0.15) is 5.10 Å². The molecule has 6 heteroatoms. The molecule has 0 aliphatic rings. The maximum atomic E-state index is 11.3. The molecule has 0 spiro atoms. The molecule has 2 rings (SSSR count). The molecule has 1 amide bonds. The molecule has 0 saturated heterocycles. The Morgan fingerprint density at radius 1 is 1.37 bits per heavy atom. The molecule has 0 aliphatic carbocycles. The Labute approximate surface area is 109 Å². The zero-order valence-electron chi connectivity index (χ0n) is 10.5. The van der Waals surface area contributed by atoms with E-state index in [1.165, 1.54) is 6.07 Å². The molecule has 1 aromatic carbocycles. The molecule has 0 aliphatic heterocycles. The van der Waals surface area contributed by atoms with E-state index in [2.05, 4.69) is 10.4 Å². The minimum absolute atomic E-state index is 0.0815. The summed E-state index contributed by atoms with van der Waals surface area (Å²) in [6.45, 7) is 3.69. The normalized spacial score (nSPS) is 10.2. The second kappa shape index (κ2) is 4.93. The Bertz CT molecular complexity index is 647. The molecule has 0 atom stereocenters. The van der Waals surface area contributed by atoms with Gasteiger partial charge >= 0.3 is 5.97 Å². The summed E-state index contributed by atoms with van der Waals surface area (Å²) in [6.07, 6.45) is 0.504. The van der Waals surface area contributed by atoms with Gasteiger partial charge < -0.3 is 10.4 Å². The number of aryl methyl sites for hydroxylation is 2. The lowest BCUT2D eigenvalue weighted by atomic mass is 10.1. The van der Waals surface area contributed by atoms with Crippen molar-refractivity contribution in [2.75, 3.05) is 5.32 Å². The summed E-state index contributed by atoms with van der Waals surface area (Å²) in [5.41, 5.74) is 2.63. The number of carbonyl (C=O) groups excluding carboxylic acids is 1. The average Bonchev–Trinajstić information content (AvgIpc) is 2.68. The third kappa shape index (κ3) is 2.47. The highest BCUT2D eigenvalue weighted by atomic mass is 16.4. The van der Waals surface area contributed by atoms with E-state index in [4.69, 9.17) is 0 Å². The van der Waals surface area contributed by atoms with Gasteiger partial charge in [-0.05, 0) is 38.1 Å². The van der Waals surface area contributed by atoms with Crippen LogP contribution in [0.3, 0.4) is 0 Å². The number of aromatic nitrogens is 2. The lowest BCUT2D eigenvalue weighted by molar-refractivity contribution is -0.105. The van der Waals surface area contributed by atoms with E-state index < -0.39 is 5.97 Å². The number of carboxylic acid groups (broad SMARTS) is 1. The van der Waals surface area contributed by atoms with Crippen molar-refractivity contribution in [2.24, 2.45) is 0 Å². The van der Waals surface area contributed by atoms with Gasteiger partial charge in [-0.15, -0.1) is 0 Å². The van der Waals surface area contributed by atoms with E-state index in [-0.39, 0.29) is 5.56 Å². The summed E-state index contributed by atoms with van der Waals surface area (Å²) in [5.74, 6) is -1.07. The summed E-state index contributed by atoms with van der Waals surface area (Å²) >= 11 is 0. The van der Waals surface area contributed by atoms with Crippen molar-refractivity contribution in [3.8, 4) is 5.69 Å². The largest absolute Gasteiger partial charge is 0.478 e. The van der Waals surface area contributed by atoms with Crippen molar-refractivity contribution in [1.29, 1.82) is 0 Å². The fourth-order valence-corrected chi connectivity index (χ4v) is 1.92. The number of rotatable bonds is 4. The summed E-state index contributed by atoms with van der Waals surface area (Å²) in [5, 5.41) is 16.0. The van der Waals surface area contributed by atoms with Crippen LogP contribution in [-0.4, -0.2) is 27.3 Å². The Morgan fingerprint density at radius 3 is 2.63 bits per heavy atom. The van der Waals surface area contributed by atoms with Gasteiger partial charge in [0.1, 0.15) is 0 Å². The van der Waals surface area contributed by atoms with Gasteiger partial charge in [-0.1, -0.05) is 0 Å². The van der Waals surface area contributed by atoms with Gasteiger partial charge in [0.25, 0.3) is 0 Å². The lowest BCUT2D eigenvalue weighted by Gasteiger charge is -2.10. The van der Waals surface area contributed by atoms with Crippen LogP contribution in [0.15, 0.2) is 24.3 Å². The first kappa shape index (κ1) is 12.8. The van der Waals surface area contributed by atoms with Crippen LogP contribution in [0, 0.1) is 13.8 Å². The summed E-state index contributed by atoms with van der Waals surface area (Å²) in [6, 6.07) is 6.52. The number of aromatic carboxylic acids is 1. The highest BCUT2D eigenvalue weighted by Gasteiger charge is 2.15. The molecule has 1 heterocycles. The number of carbonyl (C=O) groups is 2. The van der Waals surface area contributed by atoms with Crippen LogP contribution < -0.4 is 5.32 Å². The lowest BCUT2D eigenvalue weighted by Crippen LogP contribution is -2.09. The van der Waals surface area contributed by atoms with Crippen LogP contribution in [0.4, 0.5) is 5.69 Å². The van der Waals surface area contributed by atoms with E-state index in [0.717, 1.165) is 11.4 Å². The number of hydrogen-bond acceptors (Lipinski definition) is 3. The van der Waals surface area contributed by atoms with Crippen molar-refractivity contribution in [1.82, 2.24) is 9.78 Å². The van der Waals surface area contributed by atoms with E-state index in [0.29, 0.717) is 17.8 Å². The fourth-order valence-electron chi connectivity index (χ4n) is 1.92. The maximum absolute atomic E-state index is 11.3. The fraction of sp³-hybridized carbons (Fsp3) is 0.154. The van der Waals surface area contributed by atoms with Gasteiger partial charge in [0, 0.05) is 11.4 Å². The topological polar surface area (TPSA) is 84.2 Å². The molecular formula is C13H13N3O3. The van der Waals surface area contributed by atoms with Crippen LogP contribution in [0.5, 0.6) is 0 Å². The van der Waals surface area contributed by atoms with Crippen molar-refractivity contribution in [3.63, 3.8) is 0 Å². The Morgan fingerprint density at radius 2 is 2.11 bits per heavy atom. The zero-order chi connectivity index (χ0) is 14.0. The summed E-state index contributed by atoms with van der Waals surface area (Å²) < 4.78 is 1.57. The first-order valence-electron chi connectivity index (χ1n) is 5.64. The number of benzene rings is 1. The molecule has 19 heavy (non-hydrogen) atoms. The molecule has 0 saturated carbocycles. The van der Waals surface area contributed by atoms with Crippen molar-refractivity contribution in [3.05, 3.63) is 41.2 Å². The predicted molar refractivity (Wildman–Crippen MR) is 69.7 cm³/mol. The molecule has 0 unspecified atom stereocenters. The summed E-state index contributed by atoms with van der Waals surface area (Å²) in [7, 11) is 0. The SMILES string of the molecule is Cc1cc(C)n(-c2ccc(NC=O)cc2C(=O)O)n1. The molecule has 0 fully saturated rings. The highest BCUT2D eigenvalue weighted by Crippen LogP contribution is 2.21. The monoisotopic (exact) mass is 259 g/mol. The van der Waals surface area contributed by atoms with Gasteiger partial charge in [-0.3, -0.25) is 4.79 Å². The maximum Gasteiger partial charge on any atom is 0.337 e. The standard InChI is InChI=1S/C13H13N3O3/c1-8-5-9(2)16(15-8)12-4-3-10(14-7-17)6-11(12)13(18)19/h3-7H,1-2H3,(H,14,17)(H,18,19). The Kier molecular flexibility index (Phi) is 3.33. The van der Waals surface area contributed by atoms with Crippen LogP contribution in [0.2, 0.25) is 0 Å². The third-order valence-corrected chi connectivity index (χ3v) is 2.69. The molecule has 98 valence electrons. The van der Waals surface area contributed by atoms with Crippen molar-refractivity contribution >= 4 is 18.1 Å². The highest BCUT2D eigenvalue weighted by molar-refractivity contribution is 5.94. The van der Waals surface area contributed by atoms with Crippen molar-refractivity contribution < 1.29 is 14.7 Å². The minimum atomic E-state index is -1.07. The van der Waals surface area contributed by atoms with Gasteiger partial charge in [0.2, 0.25) is 6.41 Å². The quantitative estimate of drug-likeness (QED) is 0.819. The average molecular weight is 259 g/mol. The molecule has 2 N–H and O–H groups in total. The Hall–Kier alpha value is -2.63. The molecule has 1 aromatic heterocycles. The van der Waals surface area contributed by atoms with Gasteiger partial charge in [0.05, 0.1) is 16.9 Å². The number of nitrogens with one attached hydrogen (secondary N) is 1. The van der Waals surface area contributed by atoms with E-state index in [1.807, 2.05) is 19.9 Å². The minimum Gasteiger partial charge on any atom is -0.478 e. The van der Waals surface area contributed by atoms with Crippen LogP contribution in [-0.2, 0) is 4.79 Å². The molecule has 2 aromatic rings. The third-order valence-electron chi connectivity index (χ3n) is 2.69. The van der Waals surface area contributed by atoms with Gasteiger partial charge in [0.15, 0.2) is 0 Å². The number of hydrogen-bond donors (Lipinski definition) is 2. The number of amides is 1. The number of nitrogens with zero attached hydrogens (tertiary/aromatic N) is 2. The molecule has 0 bridgehead atoms. The number of carboxylic acids is 1. The first-order chi connectivity index (χ1) is 9.02. The van der Waals surface area contributed by atoms with Crippen LogP contribution in [0.1, 0.15) is 21.7 Å². The summed E-state index contributed by atoms with van der Waals surface area (Å²) in [4.78, 5) is 21.7. The number of anilines is 1. The van der Waals surface area contributed by atoms with Gasteiger partial charge in [-0.25, -0.2) is 9.48 Å². The van der Waals surface area contributed by atoms with Crippen molar-refractivity contribution in [2.45, 2.75) is 13.8 Å². The van der Waals surface area contributed by atoms with Crippen LogP contribution in [0.25, 0.3) is 5.69 Å². The smallest absolute Gasteiger partial charge is 0.337 e. The second-order valence-corrected chi connectivity index (χ2v) is 4.14. The zero-order valence-corrected chi connectivity index (χ0v) is 10.5. The molecular weight excluding hydrogens is 246 g/mol.